The number of hydrogen-bond donors (Lipinski definition) is 1. The molecule has 1 aromatic carbocycles. The van der Waals surface area contributed by atoms with E-state index in [4.69, 9.17) is 4.98 Å². The minimum Gasteiger partial charge on any atom is -0.352 e. The van der Waals surface area contributed by atoms with E-state index in [0.29, 0.717) is 17.0 Å². The Hall–Kier alpha value is -3.79. The maximum atomic E-state index is 12.7. The van der Waals surface area contributed by atoms with Gasteiger partial charge in [0.2, 0.25) is 5.95 Å². The first-order chi connectivity index (χ1) is 15.7. The number of anilines is 2. The van der Waals surface area contributed by atoms with Crippen molar-refractivity contribution < 1.29 is 0 Å². The SMILES string of the molecule is Cc1cc2c(N3CCN(c4nc5c(cnn5-c5ccccc5)c(=O)[nH]4)CC3)ncnc2s1. The summed E-state index contributed by atoms with van der Waals surface area (Å²) in [6.07, 6.45) is 3.21. The number of nitrogens with zero attached hydrogens (tertiary/aromatic N) is 7. The average molecular weight is 445 g/mol. The highest BCUT2D eigenvalue weighted by molar-refractivity contribution is 7.18. The lowest BCUT2D eigenvalue weighted by molar-refractivity contribution is 0.636. The third kappa shape index (κ3) is 3.11. The molecular weight excluding hydrogens is 424 g/mol. The minimum atomic E-state index is -0.180. The van der Waals surface area contributed by atoms with Gasteiger partial charge in [-0.3, -0.25) is 9.78 Å². The van der Waals surface area contributed by atoms with E-state index in [0.717, 1.165) is 47.9 Å². The fourth-order valence-electron chi connectivity index (χ4n) is 4.16. The van der Waals surface area contributed by atoms with Gasteiger partial charge in [0.05, 0.1) is 17.3 Å². The Bertz CT molecular complexity index is 1480. The monoisotopic (exact) mass is 444 g/mol. The molecule has 0 amide bonds. The highest BCUT2D eigenvalue weighted by Crippen LogP contribution is 2.30. The van der Waals surface area contributed by atoms with Crippen molar-refractivity contribution in [2.75, 3.05) is 36.0 Å². The average Bonchev–Trinajstić information content (AvgIpc) is 3.42. The van der Waals surface area contributed by atoms with Gasteiger partial charge in [-0.2, -0.15) is 10.1 Å². The third-order valence-electron chi connectivity index (χ3n) is 5.74. The van der Waals surface area contributed by atoms with Gasteiger partial charge in [0.1, 0.15) is 22.4 Å². The number of para-hydroxylation sites is 1. The van der Waals surface area contributed by atoms with E-state index in [9.17, 15) is 4.79 Å². The van der Waals surface area contributed by atoms with Crippen LogP contribution in [0.3, 0.4) is 0 Å². The molecule has 0 saturated carbocycles. The molecule has 0 bridgehead atoms. The first-order valence-electron chi connectivity index (χ1n) is 10.4. The second-order valence-corrected chi connectivity index (χ2v) is 9.00. The van der Waals surface area contributed by atoms with Gasteiger partial charge in [0.25, 0.3) is 5.56 Å². The summed E-state index contributed by atoms with van der Waals surface area (Å²) in [6.45, 7) is 5.10. The van der Waals surface area contributed by atoms with Crippen LogP contribution in [-0.4, -0.2) is 55.9 Å². The molecule has 10 heteroatoms. The van der Waals surface area contributed by atoms with Gasteiger partial charge >= 0.3 is 0 Å². The molecule has 5 heterocycles. The Kier molecular flexibility index (Phi) is 4.39. The van der Waals surface area contributed by atoms with Crippen LogP contribution in [0.5, 0.6) is 0 Å². The van der Waals surface area contributed by atoms with Crippen LogP contribution >= 0.6 is 11.3 Å². The second kappa shape index (κ2) is 7.41. The van der Waals surface area contributed by atoms with E-state index in [1.165, 1.54) is 4.88 Å². The van der Waals surface area contributed by atoms with Crippen molar-refractivity contribution in [2.24, 2.45) is 0 Å². The summed E-state index contributed by atoms with van der Waals surface area (Å²) in [6, 6.07) is 11.9. The van der Waals surface area contributed by atoms with Crippen molar-refractivity contribution >= 4 is 44.4 Å². The zero-order valence-corrected chi connectivity index (χ0v) is 18.2. The number of rotatable bonds is 3. The first kappa shape index (κ1) is 18.9. The number of H-pyrrole nitrogens is 1. The molecule has 1 saturated heterocycles. The fraction of sp³-hybridized carbons (Fsp3) is 0.227. The molecule has 0 unspecified atom stereocenters. The van der Waals surface area contributed by atoms with Crippen LogP contribution in [0.4, 0.5) is 11.8 Å². The molecule has 6 rings (SSSR count). The zero-order valence-electron chi connectivity index (χ0n) is 17.4. The number of aromatic amines is 1. The van der Waals surface area contributed by atoms with Crippen LogP contribution in [0.25, 0.3) is 26.9 Å². The van der Waals surface area contributed by atoms with Gasteiger partial charge < -0.3 is 9.80 Å². The third-order valence-corrected chi connectivity index (χ3v) is 6.70. The van der Waals surface area contributed by atoms with Crippen molar-refractivity contribution in [1.82, 2.24) is 29.7 Å². The van der Waals surface area contributed by atoms with Crippen molar-refractivity contribution in [3.63, 3.8) is 0 Å². The molecule has 4 aromatic heterocycles. The molecule has 0 atom stereocenters. The zero-order chi connectivity index (χ0) is 21.7. The van der Waals surface area contributed by atoms with Crippen LogP contribution < -0.4 is 15.4 Å². The van der Waals surface area contributed by atoms with Crippen molar-refractivity contribution in [1.29, 1.82) is 0 Å². The normalized spacial score (nSPS) is 14.5. The van der Waals surface area contributed by atoms with Crippen LogP contribution in [0.2, 0.25) is 0 Å². The quantitative estimate of drug-likeness (QED) is 0.457. The smallest absolute Gasteiger partial charge is 0.263 e. The number of aromatic nitrogens is 6. The number of thiophene rings is 1. The minimum absolute atomic E-state index is 0.180. The molecule has 32 heavy (non-hydrogen) atoms. The van der Waals surface area contributed by atoms with E-state index in [1.54, 1.807) is 28.5 Å². The molecule has 1 N–H and O–H groups in total. The molecular formula is C22H20N8OS. The number of fused-ring (bicyclic) bond motifs is 2. The number of nitrogens with one attached hydrogen (secondary N) is 1. The standard InChI is InChI=1S/C22H20N8OS/c1-14-11-16-18(23-13-24-21(16)32-14)28-7-9-29(10-8-28)22-26-19-17(20(31)27-22)12-25-30(19)15-5-3-2-4-6-15/h2-6,11-13H,7-10H2,1H3,(H,26,27,31). The summed E-state index contributed by atoms with van der Waals surface area (Å²) in [5.74, 6) is 1.54. The Balaban J connectivity index is 1.30. The van der Waals surface area contributed by atoms with Crippen LogP contribution in [-0.2, 0) is 0 Å². The molecule has 1 aliphatic rings. The molecule has 0 aliphatic carbocycles. The van der Waals surface area contributed by atoms with Crippen molar-refractivity contribution in [3.8, 4) is 5.69 Å². The highest BCUT2D eigenvalue weighted by atomic mass is 32.1. The lowest BCUT2D eigenvalue weighted by atomic mass is 10.2. The summed E-state index contributed by atoms with van der Waals surface area (Å²) in [5.41, 5.74) is 1.25. The lowest BCUT2D eigenvalue weighted by Gasteiger charge is -2.35. The Morgan fingerprint density at radius 1 is 1.00 bits per heavy atom. The van der Waals surface area contributed by atoms with Crippen molar-refractivity contribution in [3.05, 3.63) is 64.2 Å². The number of piperazine rings is 1. The number of aryl methyl sites for hydroxylation is 1. The molecule has 0 spiro atoms. The lowest BCUT2D eigenvalue weighted by Crippen LogP contribution is -2.47. The van der Waals surface area contributed by atoms with E-state index >= 15 is 0 Å². The molecule has 5 aromatic rings. The topological polar surface area (TPSA) is 95.8 Å². The molecule has 1 fully saturated rings. The number of benzene rings is 1. The molecule has 1 aliphatic heterocycles. The fourth-order valence-corrected chi connectivity index (χ4v) is 5.00. The summed E-state index contributed by atoms with van der Waals surface area (Å²) in [7, 11) is 0. The van der Waals surface area contributed by atoms with Crippen molar-refractivity contribution in [2.45, 2.75) is 6.92 Å². The Morgan fingerprint density at radius 2 is 1.78 bits per heavy atom. The highest BCUT2D eigenvalue weighted by Gasteiger charge is 2.23. The maximum absolute atomic E-state index is 12.7. The van der Waals surface area contributed by atoms with Gasteiger partial charge in [-0.05, 0) is 25.1 Å². The molecule has 160 valence electrons. The molecule has 0 radical (unpaired) electrons. The van der Waals surface area contributed by atoms with Gasteiger partial charge in [-0.15, -0.1) is 11.3 Å². The summed E-state index contributed by atoms with van der Waals surface area (Å²) < 4.78 is 1.71. The second-order valence-electron chi connectivity index (χ2n) is 7.77. The van der Waals surface area contributed by atoms with E-state index in [-0.39, 0.29) is 5.56 Å². The predicted octanol–water partition coefficient (Wildman–Crippen LogP) is 2.75. The van der Waals surface area contributed by atoms with Crippen LogP contribution in [0.15, 0.2) is 53.7 Å². The summed E-state index contributed by atoms with van der Waals surface area (Å²) >= 11 is 1.68. The van der Waals surface area contributed by atoms with E-state index in [1.807, 2.05) is 30.3 Å². The Labute approximate surface area is 187 Å². The van der Waals surface area contributed by atoms with Gasteiger partial charge in [0.15, 0.2) is 5.65 Å². The summed E-state index contributed by atoms with van der Waals surface area (Å²) in [4.78, 5) is 36.0. The Morgan fingerprint density at radius 3 is 2.59 bits per heavy atom. The first-order valence-corrected chi connectivity index (χ1v) is 11.2. The largest absolute Gasteiger partial charge is 0.352 e. The van der Waals surface area contributed by atoms with Crippen LogP contribution in [0, 0.1) is 6.92 Å². The molecule has 9 nitrogen and oxygen atoms in total. The predicted molar refractivity (Wildman–Crippen MR) is 126 cm³/mol. The maximum Gasteiger partial charge on any atom is 0.263 e. The van der Waals surface area contributed by atoms with E-state index in [2.05, 4.69) is 42.8 Å². The number of hydrogen-bond acceptors (Lipinski definition) is 8. The summed E-state index contributed by atoms with van der Waals surface area (Å²) in [5, 5.41) is 5.97. The van der Waals surface area contributed by atoms with Gasteiger partial charge in [-0.1, -0.05) is 18.2 Å². The van der Waals surface area contributed by atoms with Crippen LogP contribution in [0.1, 0.15) is 4.88 Å². The van der Waals surface area contributed by atoms with E-state index < -0.39 is 0 Å². The van der Waals surface area contributed by atoms with Gasteiger partial charge in [0, 0.05) is 31.1 Å². The van der Waals surface area contributed by atoms with Gasteiger partial charge in [-0.25, -0.2) is 14.6 Å².